The first-order chi connectivity index (χ1) is 8.74. The Morgan fingerprint density at radius 1 is 1.11 bits per heavy atom. The lowest BCUT2D eigenvalue weighted by Gasteiger charge is -2.05. The van der Waals surface area contributed by atoms with E-state index in [0.717, 1.165) is 30.8 Å². The Hall–Kier alpha value is -1.74. The molecule has 0 aliphatic rings. The maximum atomic E-state index is 12.7. The van der Waals surface area contributed by atoms with E-state index in [1.165, 1.54) is 17.7 Å². The van der Waals surface area contributed by atoms with Crippen LogP contribution in [0, 0.1) is 12.7 Å². The third kappa shape index (κ3) is 3.93. The lowest BCUT2D eigenvalue weighted by atomic mass is 10.1. The highest BCUT2D eigenvalue weighted by Crippen LogP contribution is 2.03. The van der Waals surface area contributed by atoms with Gasteiger partial charge in [-0.15, -0.1) is 0 Å². The summed E-state index contributed by atoms with van der Waals surface area (Å²) in [5.74, 6) is -0.185. The number of halogens is 1. The van der Waals surface area contributed by atoms with Crippen molar-refractivity contribution in [3.8, 4) is 0 Å². The van der Waals surface area contributed by atoms with Gasteiger partial charge >= 0.3 is 0 Å². The monoisotopic (exact) mass is 244 g/mol. The second-order valence-corrected chi connectivity index (χ2v) is 4.38. The van der Waals surface area contributed by atoms with Crippen molar-refractivity contribution in [3.05, 3.63) is 65.2 Å². The van der Waals surface area contributed by atoms with Crippen LogP contribution in [0.5, 0.6) is 0 Å². The zero-order chi connectivity index (χ0) is 12.8. The second-order valence-electron chi connectivity index (χ2n) is 4.38. The van der Waals surface area contributed by atoms with E-state index in [-0.39, 0.29) is 5.82 Å². The molecule has 0 saturated heterocycles. The van der Waals surface area contributed by atoms with Crippen LogP contribution in [0.4, 0.5) is 4.39 Å². The average molecular weight is 244 g/mol. The van der Waals surface area contributed by atoms with Crippen molar-refractivity contribution < 1.29 is 4.39 Å². The number of aryl methyl sites for hydroxylation is 1. The van der Waals surface area contributed by atoms with Gasteiger partial charge in [0, 0.05) is 12.7 Å². The molecule has 0 atom stereocenters. The van der Waals surface area contributed by atoms with Crippen LogP contribution < -0.4 is 5.32 Å². The standard InChI is InChI=1S/C15H17FN2/c1-12-2-7-15(18-10-12)11-17-9-8-13-3-5-14(16)6-4-13/h2-7,10,17H,8-9,11H2,1H3. The quantitative estimate of drug-likeness (QED) is 0.818. The fraction of sp³-hybridized carbons (Fsp3) is 0.267. The minimum absolute atomic E-state index is 0.185. The fourth-order valence-corrected chi connectivity index (χ4v) is 1.70. The minimum atomic E-state index is -0.185. The summed E-state index contributed by atoms with van der Waals surface area (Å²) in [6.45, 7) is 3.65. The van der Waals surface area contributed by atoms with Crippen LogP contribution in [-0.2, 0) is 13.0 Å². The molecule has 94 valence electrons. The van der Waals surface area contributed by atoms with E-state index < -0.39 is 0 Å². The third-order valence-corrected chi connectivity index (χ3v) is 2.78. The first-order valence-corrected chi connectivity index (χ1v) is 6.11. The predicted octanol–water partition coefficient (Wildman–Crippen LogP) is 2.86. The van der Waals surface area contributed by atoms with Gasteiger partial charge in [-0.3, -0.25) is 4.98 Å². The van der Waals surface area contributed by atoms with Crippen LogP contribution >= 0.6 is 0 Å². The molecular formula is C15H17FN2. The van der Waals surface area contributed by atoms with Crippen molar-refractivity contribution in [2.75, 3.05) is 6.54 Å². The highest BCUT2D eigenvalue weighted by atomic mass is 19.1. The summed E-state index contributed by atoms with van der Waals surface area (Å²) >= 11 is 0. The van der Waals surface area contributed by atoms with E-state index >= 15 is 0 Å². The zero-order valence-corrected chi connectivity index (χ0v) is 10.5. The van der Waals surface area contributed by atoms with Gasteiger partial charge in [0.15, 0.2) is 0 Å². The normalized spacial score (nSPS) is 10.6. The van der Waals surface area contributed by atoms with Crippen molar-refractivity contribution in [1.82, 2.24) is 10.3 Å². The Bertz CT molecular complexity index is 429. The lowest BCUT2D eigenvalue weighted by molar-refractivity contribution is 0.625. The molecule has 0 spiro atoms. The Morgan fingerprint density at radius 2 is 1.89 bits per heavy atom. The Morgan fingerprint density at radius 3 is 2.56 bits per heavy atom. The summed E-state index contributed by atoms with van der Waals surface area (Å²) in [7, 11) is 0. The highest BCUT2D eigenvalue weighted by molar-refractivity contribution is 5.16. The Balaban J connectivity index is 1.73. The summed E-state index contributed by atoms with van der Waals surface area (Å²) in [6, 6.07) is 10.7. The van der Waals surface area contributed by atoms with E-state index in [4.69, 9.17) is 0 Å². The van der Waals surface area contributed by atoms with E-state index in [0.29, 0.717) is 0 Å². The molecule has 0 aliphatic carbocycles. The van der Waals surface area contributed by atoms with E-state index in [2.05, 4.69) is 16.4 Å². The molecule has 0 unspecified atom stereocenters. The first kappa shape index (κ1) is 12.7. The number of pyridine rings is 1. The van der Waals surface area contributed by atoms with Gasteiger partial charge in [0.05, 0.1) is 5.69 Å². The van der Waals surface area contributed by atoms with Gasteiger partial charge in [0.2, 0.25) is 0 Å². The number of hydrogen-bond donors (Lipinski definition) is 1. The minimum Gasteiger partial charge on any atom is -0.311 e. The van der Waals surface area contributed by atoms with Crippen molar-refractivity contribution in [3.63, 3.8) is 0 Å². The van der Waals surface area contributed by atoms with Gasteiger partial charge in [0.1, 0.15) is 5.82 Å². The van der Waals surface area contributed by atoms with Crippen LogP contribution in [0.2, 0.25) is 0 Å². The molecule has 0 bridgehead atoms. The summed E-state index contributed by atoms with van der Waals surface area (Å²) in [4.78, 5) is 4.32. The molecule has 2 rings (SSSR count). The number of nitrogens with one attached hydrogen (secondary N) is 1. The van der Waals surface area contributed by atoms with Crippen molar-refractivity contribution in [2.45, 2.75) is 19.9 Å². The van der Waals surface area contributed by atoms with E-state index in [9.17, 15) is 4.39 Å². The van der Waals surface area contributed by atoms with Crippen molar-refractivity contribution in [2.24, 2.45) is 0 Å². The fourth-order valence-electron chi connectivity index (χ4n) is 1.70. The number of rotatable bonds is 5. The number of hydrogen-bond acceptors (Lipinski definition) is 2. The van der Waals surface area contributed by atoms with Crippen molar-refractivity contribution >= 4 is 0 Å². The van der Waals surface area contributed by atoms with Gasteiger partial charge in [-0.1, -0.05) is 18.2 Å². The molecule has 1 heterocycles. The summed E-state index contributed by atoms with van der Waals surface area (Å²) in [5, 5.41) is 3.33. The van der Waals surface area contributed by atoms with Crippen LogP contribution in [0.1, 0.15) is 16.8 Å². The average Bonchev–Trinajstić information content (AvgIpc) is 2.39. The van der Waals surface area contributed by atoms with Crippen molar-refractivity contribution in [1.29, 1.82) is 0 Å². The summed E-state index contributed by atoms with van der Waals surface area (Å²) < 4.78 is 12.7. The van der Waals surface area contributed by atoms with Crippen LogP contribution in [0.15, 0.2) is 42.6 Å². The predicted molar refractivity (Wildman–Crippen MR) is 70.8 cm³/mol. The number of aromatic nitrogens is 1. The van der Waals surface area contributed by atoms with Gasteiger partial charge in [-0.25, -0.2) is 4.39 Å². The molecule has 1 N–H and O–H groups in total. The van der Waals surface area contributed by atoms with E-state index in [1.54, 1.807) is 0 Å². The molecule has 18 heavy (non-hydrogen) atoms. The molecule has 1 aromatic carbocycles. The SMILES string of the molecule is Cc1ccc(CNCCc2ccc(F)cc2)nc1. The molecule has 2 aromatic rings. The molecule has 0 amide bonds. The van der Waals surface area contributed by atoms with Crippen LogP contribution in [0.3, 0.4) is 0 Å². The van der Waals surface area contributed by atoms with Gasteiger partial charge < -0.3 is 5.32 Å². The first-order valence-electron chi connectivity index (χ1n) is 6.11. The number of nitrogens with zero attached hydrogens (tertiary/aromatic N) is 1. The topological polar surface area (TPSA) is 24.9 Å². The van der Waals surface area contributed by atoms with E-state index in [1.807, 2.05) is 31.3 Å². The smallest absolute Gasteiger partial charge is 0.123 e. The Kier molecular flexibility index (Phi) is 4.42. The van der Waals surface area contributed by atoms with Gasteiger partial charge in [-0.05, 0) is 49.2 Å². The molecule has 0 aliphatic heterocycles. The summed E-state index contributed by atoms with van der Waals surface area (Å²) in [6.07, 6.45) is 2.77. The summed E-state index contributed by atoms with van der Waals surface area (Å²) in [5.41, 5.74) is 3.35. The van der Waals surface area contributed by atoms with Crippen LogP contribution in [-0.4, -0.2) is 11.5 Å². The molecule has 3 heteroatoms. The maximum Gasteiger partial charge on any atom is 0.123 e. The zero-order valence-electron chi connectivity index (χ0n) is 10.5. The molecule has 2 nitrogen and oxygen atoms in total. The number of benzene rings is 1. The van der Waals surface area contributed by atoms with Crippen LogP contribution in [0.25, 0.3) is 0 Å². The molecule has 0 saturated carbocycles. The molecule has 1 aromatic heterocycles. The maximum absolute atomic E-state index is 12.7. The van der Waals surface area contributed by atoms with Gasteiger partial charge in [-0.2, -0.15) is 0 Å². The Labute approximate surface area is 107 Å². The molecule has 0 fully saturated rings. The largest absolute Gasteiger partial charge is 0.311 e. The molecule has 0 radical (unpaired) electrons. The highest BCUT2D eigenvalue weighted by Gasteiger charge is 1.96. The second kappa shape index (κ2) is 6.26. The third-order valence-electron chi connectivity index (χ3n) is 2.78. The van der Waals surface area contributed by atoms with Gasteiger partial charge in [0.25, 0.3) is 0 Å². The molecular weight excluding hydrogens is 227 g/mol. The lowest BCUT2D eigenvalue weighted by Crippen LogP contribution is -2.17.